The quantitative estimate of drug-likeness (QED) is 0.423. The number of nitrogens with zero attached hydrogens (tertiary/aromatic N) is 5. The molecule has 0 spiro atoms. The van der Waals surface area contributed by atoms with E-state index in [1.807, 2.05) is 6.07 Å². The highest BCUT2D eigenvalue weighted by molar-refractivity contribution is 7.90. The molecule has 3 aromatic heterocycles. The molecule has 2 atom stereocenters. The van der Waals surface area contributed by atoms with Gasteiger partial charge in [0, 0.05) is 23.2 Å². The summed E-state index contributed by atoms with van der Waals surface area (Å²) in [4.78, 5) is 29.5. The van der Waals surface area contributed by atoms with E-state index >= 15 is 0 Å². The summed E-state index contributed by atoms with van der Waals surface area (Å²) in [5.74, 6) is 0.331. The molecule has 0 radical (unpaired) electrons. The monoisotopic (exact) mass is 573 g/mol. The first-order chi connectivity index (χ1) is 19.3. The van der Waals surface area contributed by atoms with Gasteiger partial charge in [-0.1, -0.05) is 32.9 Å². The number of nitrogens with one attached hydrogen (secondary N) is 2. The number of hydrogen-bond acceptors (Lipinski definition) is 9. The fourth-order valence-corrected chi connectivity index (χ4v) is 6.59. The molecule has 214 valence electrons. The molecule has 41 heavy (non-hydrogen) atoms. The standard InChI is InChI=1S/C30H35N7O3S/c1-29(2,3)24-15-13-21-27(34-24)37-18-19(16-30(37,4)5)12-14-23(22-9-6-8-20(17-31)32-22)33-25-10-7-11-26(35-25)41(39,40)36-28(21)38/h6-11,13,15,19,23H,12,14,16,18H2,1-5H3,(H,33,35)(H,36,38)/t19-,23-/m0/s1. The van der Waals surface area contributed by atoms with Crippen LogP contribution in [0, 0.1) is 17.2 Å². The van der Waals surface area contributed by atoms with Crippen LogP contribution in [0.2, 0.25) is 0 Å². The number of nitriles is 1. The molecular formula is C30H35N7O3S. The number of hydrogen-bond donors (Lipinski definition) is 2. The molecule has 0 saturated carbocycles. The average Bonchev–Trinajstić information content (AvgIpc) is 3.23. The van der Waals surface area contributed by atoms with Gasteiger partial charge in [-0.3, -0.25) is 4.79 Å². The Bertz CT molecular complexity index is 1640. The zero-order chi connectivity index (χ0) is 29.6. The number of anilines is 2. The van der Waals surface area contributed by atoms with Gasteiger partial charge in [0.25, 0.3) is 15.9 Å². The van der Waals surface area contributed by atoms with Crippen molar-refractivity contribution >= 4 is 27.6 Å². The van der Waals surface area contributed by atoms with Crippen LogP contribution in [0.25, 0.3) is 0 Å². The molecule has 2 aliphatic heterocycles. The van der Waals surface area contributed by atoms with Crippen LogP contribution in [0.1, 0.15) is 87.4 Å². The third-order valence-electron chi connectivity index (χ3n) is 7.76. The molecule has 1 saturated heterocycles. The van der Waals surface area contributed by atoms with E-state index in [0.29, 0.717) is 36.0 Å². The van der Waals surface area contributed by atoms with Crippen LogP contribution in [0.4, 0.5) is 11.6 Å². The molecule has 1 amide bonds. The van der Waals surface area contributed by atoms with E-state index in [9.17, 15) is 18.5 Å². The van der Waals surface area contributed by atoms with Crippen molar-refractivity contribution in [1.29, 1.82) is 5.26 Å². The second kappa shape index (κ2) is 10.4. The molecule has 0 aliphatic carbocycles. The number of carbonyl (C=O) groups is 1. The fraction of sp³-hybridized carbons (Fsp3) is 0.433. The van der Waals surface area contributed by atoms with Crippen LogP contribution in [-0.2, 0) is 15.4 Å². The molecule has 4 bridgehead atoms. The van der Waals surface area contributed by atoms with Crippen LogP contribution < -0.4 is 14.9 Å². The summed E-state index contributed by atoms with van der Waals surface area (Å²) >= 11 is 0. The minimum absolute atomic E-state index is 0.204. The summed E-state index contributed by atoms with van der Waals surface area (Å²) in [5, 5.41) is 12.5. The van der Waals surface area contributed by atoms with Gasteiger partial charge in [-0.05, 0) is 75.4 Å². The third kappa shape index (κ3) is 5.88. The van der Waals surface area contributed by atoms with Crippen molar-refractivity contribution in [2.75, 3.05) is 16.8 Å². The van der Waals surface area contributed by atoms with E-state index in [0.717, 1.165) is 18.5 Å². The van der Waals surface area contributed by atoms with Crippen LogP contribution in [-0.4, -0.2) is 41.4 Å². The first-order valence-electron chi connectivity index (χ1n) is 13.7. The molecule has 2 aliphatic rings. The van der Waals surface area contributed by atoms with E-state index in [2.05, 4.69) is 65.6 Å². The normalized spacial score (nSPS) is 21.9. The number of aromatic nitrogens is 3. The van der Waals surface area contributed by atoms with E-state index < -0.39 is 15.9 Å². The lowest BCUT2D eigenvalue weighted by atomic mass is 9.90. The molecule has 3 aromatic rings. The largest absolute Gasteiger partial charge is 0.362 e. The molecule has 5 heterocycles. The predicted octanol–water partition coefficient (Wildman–Crippen LogP) is 4.71. The number of pyridine rings is 3. The first kappa shape index (κ1) is 28.5. The Morgan fingerprint density at radius 2 is 1.78 bits per heavy atom. The van der Waals surface area contributed by atoms with Gasteiger partial charge in [0.2, 0.25) is 0 Å². The van der Waals surface area contributed by atoms with Crippen LogP contribution >= 0.6 is 0 Å². The molecule has 0 unspecified atom stereocenters. The Hall–Kier alpha value is -4.04. The Labute approximate surface area is 241 Å². The first-order valence-corrected chi connectivity index (χ1v) is 15.2. The molecule has 11 heteroatoms. The van der Waals surface area contributed by atoms with Crippen molar-refractivity contribution in [2.45, 2.75) is 75.9 Å². The summed E-state index contributed by atoms with van der Waals surface area (Å²) in [7, 11) is -4.30. The summed E-state index contributed by atoms with van der Waals surface area (Å²) in [6.45, 7) is 11.1. The SMILES string of the molecule is CC(C)(C)c1ccc2c(n1)N1C[C@@H](CC[C@@H](c3cccc(C#N)n3)Nc3cccc(n3)S(=O)(=O)NC2=O)CC1(C)C. The maximum Gasteiger partial charge on any atom is 0.281 e. The van der Waals surface area contributed by atoms with Crippen molar-refractivity contribution in [3.8, 4) is 6.07 Å². The Balaban J connectivity index is 1.63. The maximum atomic E-state index is 13.6. The van der Waals surface area contributed by atoms with Crippen LogP contribution in [0.5, 0.6) is 0 Å². The second-order valence-corrected chi connectivity index (χ2v) is 14.1. The van der Waals surface area contributed by atoms with Gasteiger partial charge in [-0.2, -0.15) is 13.7 Å². The van der Waals surface area contributed by atoms with E-state index in [-0.39, 0.29) is 33.5 Å². The number of rotatable bonds is 1. The average molecular weight is 574 g/mol. The van der Waals surface area contributed by atoms with Crippen LogP contribution in [0.15, 0.2) is 53.6 Å². The Morgan fingerprint density at radius 3 is 2.51 bits per heavy atom. The van der Waals surface area contributed by atoms with Gasteiger partial charge >= 0.3 is 0 Å². The lowest BCUT2D eigenvalue weighted by Crippen LogP contribution is -2.41. The minimum Gasteiger partial charge on any atom is -0.362 e. The lowest BCUT2D eigenvalue weighted by molar-refractivity contribution is 0.0981. The number of amides is 1. The smallest absolute Gasteiger partial charge is 0.281 e. The van der Waals surface area contributed by atoms with E-state index in [4.69, 9.17) is 4.98 Å². The zero-order valence-electron chi connectivity index (χ0n) is 24.0. The Morgan fingerprint density at radius 1 is 1.02 bits per heavy atom. The Kier molecular flexibility index (Phi) is 7.24. The third-order valence-corrected chi connectivity index (χ3v) is 8.99. The van der Waals surface area contributed by atoms with Crippen molar-refractivity contribution < 1.29 is 13.2 Å². The topological polar surface area (TPSA) is 141 Å². The van der Waals surface area contributed by atoms with Gasteiger partial charge in [0.15, 0.2) is 5.03 Å². The van der Waals surface area contributed by atoms with Gasteiger partial charge in [-0.25, -0.2) is 19.7 Å². The molecule has 1 fully saturated rings. The highest BCUT2D eigenvalue weighted by atomic mass is 32.2. The van der Waals surface area contributed by atoms with Gasteiger partial charge in [-0.15, -0.1) is 0 Å². The van der Waals surface area contributed by atoms with Crippen molar-refractivity contribution in [3.05, 3.63) is 71.2 Å². The molecule has 0 aromatic carbocycles. The maximum absolute atomic E-state index is 13.6. The van der Waals surface area contributed by atoms with Gasteiger partial charge < -0.3 is 10.2 Å². The van der Waals surface area contributed by atoms with Crippen molar-refractivity contribution in [3.63, 3.8) is 0 Å². The highest BCUT2D eigenvalue weighted by Gasteiger charge is 2.41. The number of sulfonamides is 1. The minimum atomic E-state index is -4.30. The van der Waals surface area contributed by atoms with E-state index in [1.54, 1.807) is 36.4 Å². The van der Waals surface area contributed by atoms with Gasteiger partial charge in [0.05, 0.1) is 17.3 Å². The molecule has 2 N–H and O–H groups in total. The summed E-state index contributed by atoms with van der Waals surface area (Å²) in [6, 6.07) is 15.1. The van der Waals surface area contributed by atoms with Crippen LogP contribution in [0.3, 0.4) is 0 Å². The summed E-state index contributed by atoms with van der Waals surface area (Å²) in [6.07, 6.45) is 2.36. The van der Waals surface area contributed by atoms with Crippen molar-refractivity contribution in [2.24, 2.45) is 5.92 Å². The van der Waals surface area contributed by atoms with E-state index in [1.165, 1.54) is 6.07 Å². The number of carbonyl (C=O) groups excluding carboxylic acids is 1. The highest BCUT2D eigenvalue weighted by Crippen LogP contribution is 2.41. The second-order valence-electron chi connectivity index (χ2n) is 12.4. The number of fused-ring (bicyclic) bond motifs is 6. The summed E-state index contributed by atoms with van der Waals surface area (Å²) in [5.41, 5.74) is 1.39. The molecule has 10 nitrogen and oxygen atoms in total. The summed E-state index contributed by atoms with van der Waals surface area (Å²) < 4.78 is 29.0. The molecule has 5 rings (SSSR count). The van der Waals surface area contributed by atoms with Gasteiger partial charge in [0.1, 0.15) is 23.4 Å². The van der Waals surface area contributed by atoms with Crippen molar-refractivity contribution in [1.82, 2.24) is 19.7 Å². The lowest BCUT2D eigenvalue weighted by Gasteiger charge is -2.34. The molecular weight excluding hydrogens is 538 g/mol. The fourth-order valence-electron chi connectivity index (χ4n) is 5.66. The predicted molar refractivity (Wildman–Crippen MR) is 156 cm³/mol. The zero-order valence-corrected chi connectivity index (χ0v) is 24.8.